The summed E-state index contributed by atoms with van der Waals surface area (Å²) in [5, 5.41) is 8.75. The standard InChI is InChI=1S/C29H40N4O5S/c1-5-17-37-27-19-23(12-15-26(27)36-4)25-21-39-29(35)33(31-25)20-22-10-13-24(14-11-22)30-28(34)38-18-9-7-6-8-16-32(2)3/h10-15,19H,5-9,16-18,20-21H2,1-4H3,(H,30,34). The van der Waals surface area contributed by atoms with Gasteiger partial charge >= 0.3 is 11.3 Å². The average Bonchev–Trinajstić information content (AvgIpc) is 2.93. The summed E-state index contributed by atoms with van der Waals surface area (Å²) in [5.74, 6) is 1.81. The first-order valence-electron chi connectivity index (χ1n) is 13.4. The van der Waals surface area contributed by atoms with Crippen LogP contribution >= 0.6 is 11.8 Å². The number of benzene rings is 2. The molecule has 1 aliphatic rings. The molecule has 0 fully saturated rings. The Hall–Kier alpha value is -3.24. The third kappa shape index (κ3) is 10.1. The zero-order valence-electron chi connectivity index (χ0n) is 23.4. The second kappa shape index (κ2) is 16.0. The number of carbonyl (C=O) groups excluding carboxylic acids is 2. The molecule has 0 unspecified atom stereocenters. The summed E-state index contributed by atoms with van der Waals surface area (Å²) < 4.78 is 16.5. The van der Waals surface area contributed by atoms with Crippen LogP contribution in [-0.4, -0.2) is 73.7 Å². The monoisotopic (exact) mass is 556 g/mol. The Morgan fingerprint density at radius 1 is 1.05 bits per heavy atom. The molecule has 0 bridgehead atoms. The predicted octanol–water partition coefficient (Wildman–Crippen LogP) is 6.23. The fraction of sp³-hybridized carbons (Fsp3) is 0.483. The Morgan fingerprint density at radius 3 is 2.54 bits per heavy atom. The quantitative estimate of drug-likeness (QED) is 0.260. The minimum absolute atomic E-state index is 0.109. The average molecular weight is 557 g/mol. The van der Waals surface area contributed by atoms with Crippen molar-refractivity contribution in [3.8, 4) is 11.5 Å². The van der Waals surface area contributed by atoms with Gasteiger partial charge in [-0.3, -0.25) is 10.1 Å². The molecule has 2 aromatic carbocycles. The first-order valence-corrected chi connectivity index (χ1v) is 14.4. The van der Waals surface area contributed by atoms with E-state index in [0.717, 1.165) is 55.5 Å². The van der Waals surface area contributed by atoms with Crippen LogP contribution in [-0.2, 0) is 11.3 Å². The molecule has 0 spiro atoms. The van der Waals surface area contributed by atoms with Gasteiger partial charge in [-0.05, 0) is 75.8 Å². The van der Waals surface area contributed by atoms with Crippen LogP contribution in [0.2, 0.25) is 0 Å². The Morgan fingerprint density at radius 2 is 1.82 bits per heavy atom. The topological polar surface area (TPSA) is 92.7 Å². The highest BCUT2D eigenvalue weighted by Gasteiger charge is 2.23. The van der Waals surface area contributed by atoms with E-state index in [1.807, 2.05) is 37.3 Å². The molecule has 1 aliphatic heterocycles. The minimum Gasteiger partial charge on any atom is -0.493 e. The van der Waals surface area contributed by atoms with Crippen LogP contribution in [0.15, 0.2) is 47.6 Å². The second-order valence-electron chi connectivity index (χ2n) is 9.55. The van der Waals surface area contributed by atoms with E-state index in [-0.39, 0.29) is 5.24 Å². The van der Waals surface area contributed by atoms with Crippen molar-refractivity contribution < 1.29 is 23.8 Å². The number of hydrogen-bond donors (Lipinski definition) is 1. The first-order chi connectivity index (χ1) is 18.9. The second-order valence-corrected chi connectivity index (χ2v) is 10.5. The van der Waals surface area contributed by atoms with Gasteiger partial charge in [0.15, 0.2) is 11.5 Å². The lowest BCUT2D eigenvalue weighted by Crippen LogP contribution is -2.29. The summed E-state index contributed by atoms with van der Waals surface area (Å²) in [7, 11) is 5.75. The van der Waals surface area contributed by atoms with Crippen molar-refractivity contribution >= 4 is 34.5 Å². The number of hydrogen-bond acceptors (Lipinski definition) is 8. The number of ether oxygens (including phenoxy) is 3. The summed E-state index contributed by atoms with van der Waals surface area (Å²) in [6.45, 7) is 4.44. The molecule has 0 aliphatic carbocycles. The van der Waals surface area contributed by atoms with E-state index < -0.39 is 6.09 Å². The Kier molecular flexibility index (Phi) is 12.4. The maximum absolute atomic E-state index is 12.6. The van der Waals surface area contributed by atoms with Crippen molar-refractivity contribution in [3.05, 3.63) is 53.6 Å². The van der Waals surface area contributed by atoms with Crippen molar-refractivity contribution in [2.45, 2.75) is 45.6 Å². The number of nitrogens with one attached hydrogen (secondary N) is 1. The number of methoxy groups -OCH3 is 1. The van der Waals surface area contributed by atoms with Crippen LogP contribution in [0.1, 0.15) is 50.2 Å². The van der Waals surface area contributed by atoms with Gasteiger partial charge in [0, 0.05) is 17.0 Å². The molecule has 10 heteroatoms. The molecule has 0 atom stereocenters. The number of anilines is 1. The molecule has 212 valence electrons. The molecule has 1 heterocycles. The maximum atomic E-state index is 12.6. The van der Waals surface area contributed by atoms with Crippen LogP contribution in [0.4, 0.5) is 15.3 Å². The van der Waals surface area contributed by atoms with Crippen molar-refractivity contribution in [1.82, 2.24) is 9.91 Å². The molecule has 39 heavy (non-hydrogen) atoms. The number of rotatable bonds is 15. The zero-order valence-corrected chi connectivity index (χ0v) is 24.2. The van der Waals surface area contributed by atoms with Crippen molar-refractivity contribution in [1.29, 1.82) is 0 Å². The van der Waals surface area contributed by atoms with Gasteiger partial charge in [-0.2, -0.15) is 5.10 Å². The molecular formula is C29H40N4O5S. The van der Waals surface area contributed by atoms with Gasteiger partial charge in [0.25, 0.3) is 0 Å². The molecule has 2 aromatic rings. The Balaban J connectivity index is 1.52. The number of hydrazone groups is 1. The zero-order chi connectivity index (χ0) is 28.0. The Labute approximate surface area is 235 Å². The van der Waals surface area contributed by atoms with E-state index in [4.69, 9.17) is 14.2 Å². The largest absolute Gasteiger partial charge is 0.493 e. The summed E-state index contributed by atoms with van der Waals surface area (Å²) in [6.07, 6.45) is 4.60. The molecule has 0 saturated carbocycles. The summed E-state index contributed by atoms with van der Waals surface area (Å²) in [4.78, 5) is 26.8. The molecule has 0 saturated heterocycles. The highest BCUT2D eigenvalue weighted by atomic mass is 32.2. The SMILES string of the molecule is CCCOc1cc(C2=NN(Cc3ccc(NC(=O)OCCCCCCN(C)C)cc3)C(=O)SC2)ccc1OC. The van der Waals surface area contributed by atoms with E-state index in [1.54, 1.807) is 19.2 Å². The molecule has 9 nitrogen and oxygen atoms in total. The van der Waals surface area contributed by atoms with Crippen molar-refractivity contribution in [3.63, 3.8) is 0 Å². The van der Waals surface area contributed by atoms with E-state index >= 15 is 0 Å². The van der Waals surface area contributed by atoms with Gasteiger partial charge in [0.2, 0.25) is 0 Å². The summed E-state index contributed by atoms with van der Waals surface area (Å²) in [5.41, 5.74) is 3.21. The van der Waals surface area contributed by atoms with Gasteiger partial charge in [0.1, 0.15) is 0 Å². The predicted molar refractivity (Wildman–Crippen MR) is 157 cm³/mol. The third-order valence-electron chi connectivity index (χ3n) is 6.01. The molecule has 0 aromatic heterocycles. The smallest absolute Gasteiger partial charge is 0.411 e. The van der Waals surface area contributed by atoms with Gasteiger partial charge in [-0.15, -0.1) is 0 Å². The first kappa shape index (κ1) is 30.3. The van der Waals surface area contributed by atoms with E-state index in [1.165, 1.54) is 16.8 Å². The van der Waals surface area contributed by atoms with Crippen LogP contribution in [0, 0.1) is 0 Å². The lowest BCUT2D eigenvalue weighted by atomic mass is 10.1. The fourth-order valence-corrected chi connectivity index (χ4v) is 4.65. The van der Waals surface area contributed by atoms with Gasteiger partial charge < -0.3 is 19.1 Å². The number of unbranched alkanes of at least 4 members (excludes halogenated alkanes) is 3. The summed E-state index contributed by atoms with van der Waals surface area (Å²) in [6, 6.07) is 13.0. The molecule has 2 amide bonds. The number of nitrogens with zero attached hydrogens (tertiary/aromatic N) is 3. The van der Waals surface area contributed by atoms with E-state index in [2.05, 4.69) is 29.4 Å². The van der Waals surface area contributed by atoms with Gasteiger partial charge in [-0.25, -0.2) is 9.80 Å². The number of amides is 2. The number of thioether (sulfide) groups is 1. The Bertz CT molecular complexity index is 1110. The highest BCUT2D eigenvalue weighted by Crippen LogP contribution is 2.30. The van der Waals surface area contributed by atoms with E-state index in [9.17, 15) is 9.59 Å². The normalized spacial score (nSPS) is 13.3. The highest BCUT2D eigenvalue weighted by molar-refractivity contribution is 8.14. The van der Waals surface area contributed by atoms with Crippen LogP contribution < -0.4 is 14.8 Å². The fourth-order valence-electron chi connectivity index (χ4n) is 3.91. The lowest BCUT2D eigenvalue weighted by molar-refractivity contribution is 0.159. The molecule has 0 radical (unpaired) electrons. The van der Waals surface area contributed by atoms with Gasteiger partial charge in [-0.1, -0.05) is 43.7 Å². The van der Waals surface area contributed by atoms with Crippen molar-refractivity contribution in [2.24, 2.45) is 5.10 Å². The van der Waals surface area contributed by atoms with Crippen LogP contribution in [0.25, 0.3) is 0 Å². The maximum Gasteiger partial charge on any atom is 0.411 e. The lowest BCUT2D eigenvalue weighted by Gasteiger charge is -2.23. The van der Waals surface area contributed by atoms with Crippen molar-refractivity contribution in [2.75, 3.05) is 52.0 Å². The molecule has 1 N–H and O–H groups in total. The molecular weight excluding hydrogens is 516 g/mol. The number of carbonyl (C=O) groups is 2. The summed E-state index contributed by atoms with van der Waals surface area (Å²) >= 11 is 1.22. The van der Waals surface area contributed by atoms with Crippen LogP contribution in [0.5, 0.6) is 11.5 Å². The molecule has 3 rings (SSSR count). The van der Waals surface area contributed by atoms with Crippen LogP contribution in [0.3, 0.4) is 0 Å². The van der Waals surface area contributed by atoms with E-state index in [0.29, 0.717) is 42.7 Å². The van der Waals surface area contributed by atoms with Gasteiger partial charge in [0.05, 0.1) is 32.6 Å². The third-order valence-corrected chi connectivity index (χ3v) is 6.88. The minimum atomic E-state index is -0.463.